The fourth-order valence-corrected chi connectivity index (χ4v) is 3.94. The van der Waals surface area contributed by atoms with Crippen LogP contribution in [0.4, 0.5) is 5.69 Å². The molecule has 0 aliphatic carbocycles. The van der Waals surface area contributed by atoms with E-state index in [2.05, 4.69) is 16.7 Å². The lowest BCUT2D eigenvalue weighted by molar-refractivity contribution is -0.723. The van der Waals surface area contributed by atoms with Crippen molar-refractivity contribution in [3.05, 3.63) is 89.5 Å². The number of nitrogens with two attached hydrogens (primary N) is 1. The minimum atomic E-state index is -0.396. The summed E-state index contributed by atoms with van der Waals surface area (Å²) >= 11 is 0. The van der Waals surface area contributed by atoms with Gasteiger partial charge in [-0.2, -0.15) is 0 Å². The molecule has 154 valence electrons. The Morgan fingerprint density at radius 3 is 2.67 bits per heavy atom. The smallest absolute Gasteiger partial charge is 0.287 e. The van der Waals surface area contributed by atoms with E-state index in [1.165, 1.54) is 0 Å². The molecular weight excluding hydrogens is 376 g/mol. The van der Waals surface area contributed by atoms with E-state index in [0.29, 0.717) is 18.0 Å². The third kappa shape index (κ3) is 4.31. The summed E-state index contributed by atoms with van der Waals surface area (Å²) in [5.41, 5.74) is 3.84. The molecule has 0 aromatic heterocycles. The average molecular weight is 404 g/mol. The summed E-state index contributed by atoms with van der Waals surface area (Å²) in [5.74, 6) is 1.48. The van der Waals surface area contributed by atoms with E-state index in [9.17, 15) is 4.79 Å². The van der Waals surface area contributed by atoms with Crippen molar-refractivity contribution in [1.29, 1.82) is 0 Å². The highest BCUT2D eigenvalue weighted by Crippen LogP contribution is 2.30. The molecule has 5 nitrogen and oxygen atoms in total. The normalized spacial score (nSPS) is 16.1. The molecule has 0 saturated heterocycles. The molecule has 2 atom stereocenters. The van der Waals surface area contributed by atoms with Gasteiger partial charge in [0.1, 0.15) is 17.5 Å². The summed E-state index contributed by atoms with van der Waals surface area (Å²) in [4.78, 5) is 13.4. The summed E-state index contributed by atoms with van der Waals surface area (Å²) in [6.45, 7) is 2.64. The summed E-state index contributed by atoms with van der Waals surface area (Å²) in [5, 5.41) is 5.24. The van der Waals surface area contributed by atoms with Gasteiger partial charge in [-0.25, -0.2) is 0 Å². The van der Waals surface area contributed by atoms with Crippen LogP contribution in [0.2, 0.25) is 0 Å². The molecule has 0 radical (unpaired) electrons. The third-order valence-corrected chi connectivity index (χ3v) is 5.48. The standard InChI is InChI=1S/C25H26N2O3/c1-17-12-13-23(29-2)21(16-17)27-25(28)24(18-8-4-3-5-9-18)26-20-14-15-30-22-11-7-6-10-19(20)22/h3-13,16,20,24,26H,14-15H2,1-2H3,(H,27,28)/p+1/t20-,24+/m1/s1. The number of hydrogen-bond acceptors (Lipinski definition) is 3. The molecule has 1 aliphatic heterocycles. The van der Waals surface area contributed by atoms with E-state index in [0.717, 1.165) is 28.9 Å². The van der Waals surface area contributed by atoms with Crippen molar-refractivity contribution in [3.63, 3.8) is 0 Å². The van der Waals surface area contributed by atoms with Gasteiger partial charge in [0, 0.05) is 12.0 Å². The number of carbonyl (C=O) groups is 1. The van der Waals surface area contributed by atoms with E-state index in [4.69, 9.17) is 9.47 Å². The number of nitrogens with one attached hydrogen (secondary N) is 1. The summed E-state index contributed by atoms with van der Waals surface area (Å²) in [6.07, 6.45) is 0.849. The number of fused-ring (bicyclic) bond motifs is 1. The van der Waals surface area contributed by atoms with Crippen LogP contribution in [-0.2, 0) is 4.79 Å². The quantitative estimate of drug-likeness (QED) is 0.659. The Balaban J connectivity index is 1.63. The highest BCUT2D eigenvalue weighted by Gasteiger charge is 2.32. The predicted molar refractivity (Wildman–Crippen MR) is 117 cm³/mol. The molecule has 0 unspecified atom stereocenters. The number of ether oxygens (including phenoxy) is 2. The lowest BCUT2D eigenvalue weighted by atomic mass is 9.97. The largest absolute Gasteiger partial charge is 0.495 e. The molecule has 30 heavy (non-hydrogen) atoms. The number of hydrogen-bond donors (Lipinski definition) is 2. The van der Waals surface area contributed by atoms with Gasteiger partial charge < -0.3 is 20.1 Å². The van der Waals surface area contributed by atoms with Crippen LogP contribution < -0.4 is 20.1 Å². The number of aryl methyl sites for hydroxylation is 1. The summed E-state index contributed by atoms with van der Waals surface area (Å²) in [6, 6.07) is 23.5. The van der Waals surface area contributed by atoms with Crippen molar-refractivity contribution >= 4 is 11.6 Å². The number of para-hydroxylation sites is 1. The molecule has 3 N–H and O–H groups in total. The monoisotopic (exact) mass is 403 g/mol. The zero-order chi connectivity index (χ0) is 20.9. The molecule has 1 aliphatic rings. The first-order valence-electron chi connectivity index (χ1n) is 10.2. The van der Waals surface area contributed by atoms with E-state index in [-0.39, 0.29) is 11.9 Å². The SMILES string of the molecule is COc1ccc(C)cc1NC(=O)[C@@H]([NH2+][C@@H]1CCOc2ccccc21)c1ccccc1. The Hall–Kier alpha value is -3.31. The first-order valence-corrected chi connectivity index (χ1v) is 10.2. The van der Waals surface area contributed by atoms with Gasteiger partial charge in [0.15, 0.2) is 6.04 Å². The first-order chi connectivity index (χ1) is 14.7. The second-order valence-electron chi connectivity index (χ2n) is 7.56. The van der Waals surface area contributed by atoms with Crippen LogP contribution in [0.1, 0.15) is 35.2 Å². The second-order valence-corrected chi connectivity index (χ2v) is 7.56. The fraction of sp³-hybridized carbons (Fsp3) is 0.240. The molecule has 0 fully saturated rings. The van der Waals surface area contributed by atoms with Crippen LogP contribution in [0.15, 0.2) is 72.8 Å². The van der Waals surface area contributed by atoms with Gasteiger partial charge in [0.25, 0.3) is 5.91 Å². The van der Waals surface area contributed by atoms with Gasteiger partial charge in [0.2, 0.25) is 0 Å². The molecule has 1 heterocycles. The zero-order valence-electron chi connectivity index (χ0n) is 17.3. The summed E-state index contributed by atoms with van der Waals surface area (Å²) < 4.78 is 11.2. The highest BCUT2D eigenvalue weighted by atomic mass is 16.5. The zero-order valence-corrected chi connectivity index (χ0v) is 17.3. The molecule has 5 heteroatoms. The van der Waals surface area contributed by atoms with Gasteiger partial charge >= 0.3 is 0 Å². The molecule has 0 bridgehead atoms. The summed E-state index contributed by atoms with van der Waals surface area (Å²) in [7, 11) is 1.61. The Labute approximate surface area is 177 Å². The van der Waals surface area contributed by atoms with Gasteiger partial charge in [0.05, 0.1) is 25.0 Å². The van der Waals surface area contributed by atoms with Crippen LogP contribution in [0.3, 0.4) is 0 Å². The van der Waals surface area contributed by atoms with Crippen molar-refractivity contribution < 1.29 is 19.6 Å². The molecule has 0 spiro atoms. The maximum absolute atomic E-state index is 13.4. The number of rotatable bonds is 6. The molecule has 3 aromatic carbocycles. The Morgan fingerprint density at radius 1 is 1.10 bits per heavy atom. The topological polar surface area (TPSA) is 64.2 Å². The van der Waals surface area contributed by atoms with Crippen molar-refractivity contribution in [2.45, 2.75) is 25.4 Å². The number of amides is 1. The predicted octanol–water partition coefficient (Wildman–Crippen LogP) is 3.77. The number of anilines is 1. The third-order valence-electron chi connectivity index (χ3n) is 5.48. The Morgan fingerprint density at radius 2 is 1.87 bits per heavy atom. The lowest BCUT2D eigenvalue weighted by Crippen LogP contribution is -2.88. The Kier molecular flexibility index (Phi) is 6.00. The van der Waals surface area contributed by atoms with E-state index in [1.54, 1.807) is 7.11 Å². The van der Waals surface area contributed by atoms with Crippen molar-refractivity contribution in [2.24, 2.45) is 0 Å². The van der Waals surface area contributed by atoms with Crippen molar-refractivity contribution in [2.75, 3.05) is 19.0 Å². The molecule has 4 rings (SSSR count). The molecule has 1 amide bonds. The fourth-order valence-electron chi connectivity index (χ4n) is 3.94. The molecule has 0 saturated carbocycles. The van der Waals surface area contributed by atoms with Gasteiger partial charge in [-0.05, 0) is 36.8 Å². The molecule has 3 aromatic rings. The average Bonchev–Trinajstić information content (AvgIpc) is 2.78. The lowest BCUT2D eigenvalue weighted by Gasteiger charge is -2.27. The van der Waals surface area contributed by atoms with Crippen molar-refractivity contribution in [1.82, 2.24) is 0 Å². The number of quaternary nitrogens is 1. The maximum atomic E-state index is 13.4. The van der Waals surface area contributed by atoms with E-state index >= 15 is 0 Å². The van der Waals surface area contributed by atoms with Gasteiger partial charge in [-0.1, -0.05) is 48.5 Å². The van der Waals surface area contributed by atoms with Crippen LogP contribution in [0, 0.1) is 6.92 Å². The first kappa shape index (κ1) is 20.0. The number of benzene rings is 3. The minimum absolute atomic E-state index is 0.0749. The molecular formula is C25H27N2O3+. The van der Waals surface area contributed by atoms with E-state index in [1.807, 2.05) is 73.7 Å². The van der Waals surface area contributed by atoms with Crippen molar-refractivity contribution in [3.8, 4) is 11.5 Å². The van der Waals surface area contributed by atoms with Gasteiger partial charge in [-0.3, -0.25) is 4.79 Å². The van der Waals surface area contributed by atoms with Crippen LogP contribution >= 0.6 is 0 Å². The highest BCUT2D eigenvalue weighted by molar-refractivity contribution is 5.95. The second kappa shape index (κ2) is 9.01. The van der Waals surface area contributed by atoms with Gasteiger partial charge in [-0.15, -0.1) is 0 Å². The van der Waals surface area contributed by atoms with Crippen LogP contribution in [0.25, 0.3) is 0 Å². The minimum Gasteiger partial charge on any atom is -0.495 e. The van der Waals surface area contributed by atoms with Crippen LogP contribution in [-0.4, -0.2) is 19.6 Å². The number of methoxy groups -OCH3 is 1. The van der Waals surface area contributed by atoms with E-state index < -0.39 is 6.04 Å². The Bertz CT molecular complexity index is 1020. The van der Waals surface area contributed by atoms with Crippen LogP contribution in [0.5, 0.6) is 11.5 Å². The number of carbonyl (C=O) groups excluding carboxylic acids is 1. The maximum Gasteiger partial charge on any atom is 0.287 e.